The Morgan fingerprint density at radius 3 is 2.03 bits per heavy atom. The fourth-order valence-corrected chi connectivity index (χ4v) is 4.65. The van der Waals surface area contributed by atoms with Gasteiger partial charge in [-0.3, -0.25) is 0 Å². The molecule has 2 heterocycles. The molecule has 2 atom stereocenters. The van der Waals surface area contributed by atoms with E-state index in [1.54, 1.807) is 6.08 Å². The number of carbonyl (C=O) groups is 2. The highest BCUT2D eigenvalue weighted by atomic mass is 35.5. The van der Waals surface area contributed by atoms with E-state index in [0.717, 1.165) is 30.2 Å². The number of halogens is 3. The van der Waals surface area contributed by atoms with Gasteiger partial charge in [-0.15, -0.1) is 24.8 Å². The molecule has 4 aliphatic rings. The minimum absolute atomic E-state index is 0. The molecule has 13 heteroatoms. The van der Waals surface area contributed by atoms with E-state index in [4.69, 9.17) is 11.6 Å². The predicted molar refractivity (Wildman–Crippen MR) is 141 cm³/mol. The molecule has 2 unspecified atom stereocenters. The summed E-state index contributed by atoms with van der Waals surface area (Å²) in [6, 6.07) is 7.40. The first-order valence-corrected chi connectivity index (χ1v) is 10.9. The van der Waals surface area contributed by atoms with Crippen LogP contribution < -0.4 is 21.5 Å². The van der Waals surface area contributed by atoms with E-state index in [9.17, 15) is 9.59 Å². The molecular weight excluding hydrogens is 515 g/mol. The first-order chi connectivity index (χ1) is 16.2. The first kappa shape index (κ1) is 26.4. The third-order valence-corrected chi connectivity index (χ3v) is 6.16. The molecule has 1 aromatic rings. The largest absolute Gasteiger partial charge is 0.353 e. The van der Waals surface area contributed by atoms with E-state index in [-0.39, 0.29) is 29.8 Å². The van der Waals surface area contributed by atoms with E-state index in [1.807, 2.05) is 24.3 Å². The van der Waals surface area contributed by atoms with E-state index < -0.39 is 11.8 Å². The van der Waals surface area contributed by atoms with Crippen molar-refractivity contribution in [2.24, 2.45) is 20.2 Å². The van der Waals surface area contributed by atoms with Crippen LogP contribution in [0.5, 0.6) is 0 Å². The molecule has 5 rings (SSSR count). The minimum Gasteiger partial charge on any atom is -0.353 e. The number of fused-ring (bicyclic) bond motifs is 2. The van der Waals surface area contributed by atoms with E-state index in [1.165, 1.54) is 0 Å². The van der Waals surface area contributed by atoms with Gasteiger partial charge >= 0.3 is 0 Å². The summed E-state index contributed by atoms with van der Waals surface area (Å²) in [4.78, 5) is 32.9. The maximum absolute atomic E-state index is 12.2. The normalized spacial score (nSPS) is 24.4. The fraction of sp³-hybridized carbons (Fsp3) is 0.273. The Labute approximate surface area is 219 Å². The molecule has 1 aromatic carbocycles. The molecule has 0 saturated heterocycles. The number of benzene rings is 1. The number of aliphatic imine (C=N–C) groups is 2. The summed E-state index contributed by atoms with van der Waals surface area (Å²) in [5.41, 5.74) is 9.22. The number of hydrogen-bond donors (Lipinski definition) is 4. The molecular formula is C22H23Cl3N8O2. The number of nitrogens with one attached hydrogen (secondary N) is 4. The molecule has 0 fully saturated rings. The lowest BCUT2D eigenvalue weighted by Gasteiger charge is -2.34. The van der Waals surface area contributed by atoms with Gasteiger partial charge < -0.3 is 20.2 Å². The van der Waals surface area contributed by atoms with Crippen molar-refractivity contribution in [2.75, 3.05) is 26.2 Å². The summed E-state index contributed by atoms with van der Waals surface area (Å²) >= 11 is 6.87. The number of rotatable bonds is 4. The average molecular weight is 538 g/mol. The van der Waals surface area contributed by atoms with Crippen LogP contribution in [0.3, 0.4) is 0 Å². The zero-order valence-electron chi connectivity index (χ0n) is 18.3. The van der Waals surface area contributed by atoms with Crippen LogP contribution in [0.1, 0.15) is 23.0 Å². The highest BCUT2D eigenvalue weighted by molar-refractivity contribution is 6.64. The molecule has 0 aromatic heterocycles. The highest BCUT2D eigenvalue weighted by Crippen LogP contribution is 2.48. The summed E-state index contributed by atoms with van der Waals surface area (Å²) in [5, 5.41) is 15.3. The lowest BCUT2D eigenvalue weighted by molar-refractivity contribution is -0.110. The Balaban J connectivity index is 0.00000171. The molecule has 4 N–H and O–H groups in total. The van der Waals surface area contributed by atoms with Crippen LogP contribution in [-0.4, -0.2) is 62.1 Å². The Kier molecular flexibility index (Phi) is 8.66. The van der Waals surface area contributed by atoms with E-state index >= 15 is 0 Å². The monoisotopic (exact) mass is 536 g/mol. The van der Waals surface area contributed by atoms with Crippen molar-refractivity contribution < 1.29 is 9.59 Å². The molecule has 35 heavy (non-hydrogen) atoms. The van der Waals surface area contributed by atoms with Crippen molar-refractivity contribution >= 4 is 72.3 Å². The van der Waals surface area contributed by atoms with Gasteiger partial charge in [-0.2, -0.15) is 10.2 Å². The van der Waals surface area contributed by atoms with Crippen LogP contribution in [0.4, 0.5) is 0 Å². The van der Waals surface area contributed by atoms with Gasteiger partial charge in [0.2, 0.25) is 11.9 Å². The zero-order chi connectivity index (χ0) is 22.8. The smallest absolute Gasteiger partial charge is 0.212 e. The van der Waals surface area contributed by atoms with Gasteiger partial charge in [0.05, 0.1) is 30.0 Å². The summed E-state index contributed by atoms with van der Waals surface area (Å²) < 4.78 is 0. The van der Waals surface area contributed by atoms with Gasteiger partial charge in [-0.25, -0.2) is 20.8 Å². The molecule has 2 aliphatic carbocycles. The number of hydrogen-bond acceptors (Lipinski definition) is 10. The second-order valence-corrected chi connectivity index (χ2v) is 8.06. The molecule has 184 valence electrons. The molecule has 10 nitrogen and oxygen atoms in total. The van der Waals surface area contributed by atoms with Crippen molar-refractivity contribution in [3.05, 3.63) is 57.6 Å². The fourth-order valence-electron chi connectivity index (χ4n) is 4.28. The molecule has 2 aliphatic heterocycles. The van der Waals surface area contributed by atoms with Crippen LogP contribution in [0.25, 0.3) is 0 Å². The minimum atomic E-state index is -0.626. The molecule has 0 saturated carbocycles. The van der Waals surface area contributed by atoms with Crippen LogP contribution in [0, 0.1) is 0 Å². The second kappa shape index (κ2) is 11.5. The number of guanidine groups is 2. The summed E-state index contributed by atoms with van der Waals surface area (Å²) in [6.45, 7) is 2.73. The maximum atomic E-state index is 12.2. The van der Waals surface area contributed by atoms with Crippen molar-refractivity contribution in [3.8, 4) is 0 Å². The average Bonchev–Trinajstić information content (AvgIpc) is 3.55. The van der Waals surface area contributed by atoms with Crippen LogP contribution in [0.15, 0.2) is 66.7 Å². The van der Waals surface area contributed by atoms with Gasteiger partial charge in [-0.1, -0.05) is 35.9 Å². The quantitative estimate of drug-likeness (QED) is 0.260. The molecule has 0 bridgehead atoms. The van der Waals surface area contributed by atoms with Crippen LogP contribution in [-0.2, 0) is 9.59 Å². The Hall–Kier alpha value is -3.21. The predicted octanol–water partition coefficient (Wildman–Crippen LogP) is 1.35. The lowest BCUT2D eigenvalue weighted by atomic mass is 9.69. The SMILES string of the molecule is Cl.Cl.O=CC1C2=CC(=NNC3=NCCN3)C(=NNC3=NCCN3)C(Cl)=C2C(C=O)c2ccccc21. The maximum Gasteiger partial charge on any atom is 0.212 e. The van der Waals surface area contributed by atoms with Gasteiger partial charge in [0.1, 0.15) is 24.0 Å². The molecule has 0 radical (unpaired) electrons. The lowest BCUT2D eigenvalue weighted by Crippen LogP contribution is -2.36. The van der Waals surface area contributed by atoms with Gasteiger partial charge in [0, 0.05) is 13.1 Å². The summed E-state index contributed by atoms with van der Waals surface area (Å²) in [6.07, 6.45) is 3.46. The highest BCUT2D eigenvalue weighted by Gasteiger charge is 2.40. The second-order valence-electron chi connectivity index (χ2n) is 7.68. The van der Waals surface area contributed by atoms with E-state index in [0.29, 0.717) is 54.1 Å². The van der Waals surface area contributed by atoms with Crippen molar-refractivity contribution in [3.63, 3.8) is 0 Å². The number of carbonyl (C=O) groups excluding carboxylic acids is 2. The van der Waals surface area contributed by atoms with Gasteiger partial charge in [0.25, 0.3) is 0 Å². The third kappa shape index (κ3) is 4.95. The third-order valence-electron chi connectivity index (χ3n) is 5.78. The van der Waals surface area contributed by atoms with Crippen molar-refractivity contribution in [2.45, 2.75) is 11.8 Å². The van der Waals surface area contributed by atoms with Gasteiger partial charge in [-0.05, 0) is 28.3 Å². The topological polar surface area (TPSA) is 132 Å². The Morgan fingerprint density at radius 1 is 0.914 bits per heavy atom. The standard InChI is InChI=1S/C22H21ClN8O2.2ClH/c23-19-18-14(15(10-32)12-3-1-2-4-13(12)16(18)11-33)9-17(28-30-21-24-5-6-25-21)20(19)29-31-22-26-7-8-27-22;;/h1-4,9-11,15-16H,5-8H2,(H2,24,25,30)(H2,26,27,31);2*1H. The Bertz CT molecular complexity index is 1200. The van der Waals surface area contributed by atoms with Crippen LogP contribution in [0.2, 0.25) is 0 Å². The number of aldehydes is 2. The molecule has 0 amide bonds. The number of allylic oxidation sites excluding steroid dienone is 4. The summed E-state index contributed by atoms with van der Waals surface area (Å²) in [5.74, 6) is -0.150. The molecule has 0 spiro atoms. The number of nitrogens with zero attached hydrogens (tertiary/aromatic N) is 4. The zero-order valence-corrected chi connectivity index (χ0v) is 20.7. The van der Waals surface area contributed by atoms with Crippen molar-refractivity contribution in [1.29, 1.82) is 0 Å². The summed E-state index contributed by atoms with van der Waals surface area (Å²) in [7, 11) is 0. The van der Waals surface area contributed by atoms with Gasteiger partial charge in [0.15, 0.2) is 0 Å². The van der Waals surface area contributed by atoms with E-state index in [2.05, 4.69) is 41.7 Å². The number of hydrazone groups is 2. The Morgan fingerprint density at radius 2 is 1.49 bits per heavy atom. The van der Waals surface area contributed by atoms with Crippen molar-refractivity contribution in [1.82, 2.24) is 21.5 Å². The van der Waals surface area contributed by atoms with Crippen LogP contribution >= 0.6 is 36.4 Å². The first-order valence-electron chi connectivity index (χ1n) is 10.6.